The number of allylic oxidation sites excluding steroid dienone is 1. The maximum Gasteiger partial charge on any atom is 0.407 e. The number of rotatable bonds is 1. The number of hydrogen-bond donors (Lipinski definition) is 2. The second-order valence-electron chi connectivity index (χ2n) is 5.55. The molecule has 0 spiro atoms. The Labute approximate surface area is 104 Å². The molecule has 0 saturated carbocycles. The largest absolute Gasteiger partial charge is 0.444 e. The van der Waals surface area contributed by atoms with Crippen molar-refractivity contribution in [3.05, 3.63) is 12.2 Å². The molecule has 3 N–H and O–H groups in total. The van der Waals surface area contributed by atoms with Crippen LogP contribution in [-0.2, 0) is 4.74 Å². The van der Waals surface area contributed by atoms with E-state index in [-0.39, 0.29) is 18.2 Å². The minimum Gasteiger partial charge on any atom is -0.444 e. The highest BCUT2D eigenvalue weighted by atomic mass is 16.6. The van der Waals surface area contributed by atoms with Crippen molar-refractivity contribution in [1.82, 2.24) is 5.32 Å². The highest BCUT2D eigenvalue weighted by Crippen LogP contribution is 2.13. The number of hydrogen-bond acceptors (Lipinski definition) is 3. The molecule has 2 atom stereocenters. The van der Waals surface area contributed by atoms with Gasteiger partial charge in [0.25, 0.3) is 0 Å². The summed E-state index contributed by atoms with van der Waals surface area (Å²) in [5.74, 6) is 0. The summed E-state index contributed by atoms with van der Waals surface area (Å²) in [5.41, 5.74) is 5.59. The first kappa shape index (κ1) is 14.0. The molecular formula is C13H24N2O2. The Kier molecular flexibility index (Phi) is 5.00. The molecule has 0 aliphatic heterocycles. The number of alkyl carbamates (subject to hydrolysis) is 1. The van der Waals surface area contributed by atoms with Crippen molar-refractivity contribution in [2.24, 2.45) is 5.73 Å². The van der Waals surface area contributed by atoms with Crippen LogP contribution in [0.15, 0.2) is 12.2 Å². The van der Waals surface area contributed by atoms with Crippen molar-refractivity contribution in [3.8, 4) is 0 Å². The Morgan fingerprint density at radius 1 is 1.41 bits per heavy atom. The van der Waals surface area contributed by atoms with Gasteiger partial charge in [-0.1, -0.05) is 12.2 Å². The van der Waals surface area contributed by atoms with Crippen LogP contribution in [-0.4, -0.2) is 23.8 Å². The third-order valence-electron chi connectivity index (χ3n) is 2.68. The molecule has 0 unspecified atom stereocenters. The lowest BCUT2D eigenvalue weighted by atomic mass is 9.97. The lowest BCUT2D eigenvalue weighted by Gasteiger charge is -2.27. The van der Waals surface area contributed by atoms with E-state index >= 15 is 0 Å². The fourth-order valence-corrected chi connectivity index (χ4v) is 1.83. The van der Waals surface area contributed by atoms with Crippen molar-refractivity contribution in [2.45, 2.75) is 64.1 Å². The fourth-order valence-electron chi connectivity index (χ4n) is 1.83. The molecule has 0 saturated heterocycles. The van der Waals surface area contributed by atoms with Gasteiger partial charge in [0.2, 0.25) is 0 Å². The number of carbonyl (C=O) groups is 1. The van der Waals surface area contributed by atoms with Gasteiger partial charge in [-0.05, 0) is 46.5 Å². The second-order valence-corrected chi connectivity index (χ2v) is 5.55. The van der Waals surface area contributed by atoms with Gasteiger partial charge < -0.3 is 15.8 Å². The standard InChI is InChI=1S/C13H24N2O2/c1-13(2,3)17-12(16)15-11-9-7-5-4-6-8-10(11)14/h5,7,10-11H,4,6,8-9,14H2,1-3H3,(H,15,16)/b7-5+/t10-,11+/m1/s1. The van der Waals surface area contributed by atoms with E-state index in [1.54, 1.807) is 0 Å². The van der Waals surface area contributed by atoms with E-state index in [1.165, 1.54) is 0 Å². The smallest absolute Gasteiger partial charge is 0.407 e. The molecule has 0 aromatic carbocycles. The maximum absolute atomic E-state index is 11.7. The summed E-state index contributed by atoms with van der Waals surface area (Å²) >= 11 is 0. The minimum absolute atomic E-state index is 0.00692. The molecule has 4 nitrogen and oxygen atoms in total. The quantitative estimate of drug-likeness (QED) is 0.691. The van der Waals surface area contributed by atoms with Crippen LogP contribution in [0.1, 0.15) is 46.5 Å². The third kappa shape index (κ3) is 5.73. The number of nitrogens with two attached hydrogens (primary N) is 1. The van der Waals surface area contributed by atoms with E-state index in [4.69, 9.17) is 10.5 Å². The number of carbonyl (C=O) groups excluding carboxylic acids is 1. The number of nitrogens with one attached hydrogen (secondary N) is 1. The zero-order valence-electron chi connectivity index (χ0n) is 11.0. The summed E-state index contributed by atoms with van der Waals surface area (Å²) in [6.45, 7) is 5.56. The fraction of sp³-hybridized carbons (Fsp3) is 0.769. The summed E-state index contributed by atoms with van der Waals surface area (Å²) < 4.78 is 5.23. The van der Waals surface area contributed by atoms with Gasteiger partial charge in [0.15, 0.2) is 0 Å². The van der Waals surface area contributed by atoms with Crippen LogP contribution < -0.4 is 11.1 Å². The summed E-state index contributed by atoms with van der Waals surface area (Å²) in [6.07, 6.45) is 7.71. The predicted molar refractivity (Wildman–Crippen MR) is 68.7 cm³/mol. The van der Waals surface area contributed by atoms with E-state index in [0.717, 1.165) is 25.7 Å². The monoisotopic (exact) mass is 240 g/mol. The highest BCUT2D eigenvalue weighted by molar-refractivity contribution is 5.68. The Bertz CT molecular complexity index is 282. The maximum atomic E-state index is 11.7. The minimum atomic E-state index is -0.467. The lowest BCUT2D eigenvalue weighted by molar-refractivity contribution is 0.0495. The topological polar surface area (TPSA) is 64.3 Å². The van der Waals surface area contributed by atoms with Crippen LogP contribution in [0.25, 0.3) is 0 Å². The third-order valence-corrected chi connectivity index (χ3v) is 2.68. The summed E-state index contributed by atoms with van der Waals surface area (Å²) in [4.78, 5) is 11.7. The Morgan fingerprint density at radius 2 is 2.12 bits per heavy atom. The van der Waals surface area contributed by atoms with Crippen molar-refractivity contribution in [2.75, 3.05) is 0 Å². The second kappa shape index (κ2) is 6.05. The molecule has 0 aromatic heterocycles. The van der Waals surface area contributed by atoms with Gasteiger partial charge in [0.1, 0.15) is 5.60 Å². The summed E-state index contributed by atoms with van der Waals surface area (Å²) in [6, 6.07) is -0.0196. The van der Waals surface area contributed by atoms with E-state index in [1.807, 2.05) is 20.8 Å². The van der Waals surface area contributed by atoms with Crippen molar-refractivity contribution >= 4 is 6.09 Å². The Hall–Kier alpha value is -1.03. The van der Waals surface area contributed by atoms with E-state index in [9.17, 15) is 4.79 Å². The van der Waals surface area contributed by atoms with Gasteiger partial charge in [-0.15, -0.1) is 0 Å². The van der Waals surface area contributed by atoms with Crippen LogP contribution in [0.2, 0.25) is 0 Å². The molecule has 0 radical (unpaired) electrons. The molecule has 1 rings (SSSR count). The lowest BCUT2D eigenvalue weighted by Crippen LogP contribution is -2.49. The molecular weight excluding hydrogens is 216 g/mol. The van der Waals surface area contributed by atoms with Crippen LogP contribution >= 0.6 is 0 Å². The SMILES string of the molecule is CC(C)(C)OC(=O)N[C@H]1C/C=C/CCC[C@H]1N. The van der Waals surface area contributed by atoms with Crippen LogP contribution in [0.5, 0.6) is 0 Å². The Balaban J connectivity index is 2.49. The molecule has 17 heavy (non-hydrogen) atoms. The van der Waals surface area contributed by atoms with Gasteiger partial charge in [-0.25, -0.2) is 4.79 Å². The molecule has 4 heteroatoms. The predicted octanol–water partition coefficient (Wildman–Crippen LogP) is 2.34. The first-order chi connectivity index (χ1) is 7.88. The average molecular weight is 240 g/mol. The van der Waals surface area contributed by atoms with Crippen LogP contribution in [0.3, 0.4) is 0 Å². The molecule has 98 valence electrons. The van der Waals surface area contributed by atoms with Crippen molar-refractivity contribution in [1.29, 1.82) is 0 Å². The zero-order valence-corrected chi connectivity index (χ0v) is 11.0. The van der Waals surface area contributed by atoms with E-state index in [0.29, 0.717) is 0 Å². The molecule has 0 fully saturated rings. The summed E-state index contributed by atoms with van der Waals surface area (Å²) in [7, 11) is 0. The van der Waals surface area contributed by atoms with Crippen LogP contribution in [0.4, 0.5) is 4.79 Å². The molecule has 0 bridgehead atoms. The number of amides is 1. The highest BCUT2D eigenvalue weighted by Gasteiger charge is 2.23. The van der Waals surface area contributed by atoms with Gasteiger partial charge >= 0.3 is 6.09 Å². The van der Waals surface area contributed by atoms with Gasteiger partial charge in [-0.3, -0.25) is 0 Å². The Morgan fingerprint density at radius 3 is 2.76 bits per heavy atom. The first-order valence-electron chi connectivity index (χ1n) is 6.28. The normalized spacial score (nSPS) is 27.8. The molecule has 1 aliphatic rings. The first-order valence-corrected chi connectivity index (χ1v) is 6.28. The molecule has 1 amide bonds. The van der Waals surface area contributed by atoms with E-state index in [2.05, 4.69) is 17.5 Å². The van der Waals surface area contributed by atoms with Gasteiger partial charge in [0, 0.05) is 6.04 Å². The van der Waals surface area contributed by atoms with Crippen LogP contribution in [0, 0.1) is 0 Å². The van der Waals surface area contributed by atoms with Crippen molar-refractivity contribution < 1.29 is 9.53 Å². The summed E-state index contributed by atoms with van der Waals surface area (Å²) in [5, 5.41) is 2.86. The zero-order chi connectivity index (χ0) is 12.9. The number of ether oxygens (including phenoxy) is 1. The van der Waals surface area contributed by atoms with Crippen molar-refractivity contribution in [3.63, 3.8) is 0 Å². The van der Waals surface area contributed by atoms with Gasteiger partial charge in [-0.2, -0.15) is 0 Å². The molecule has 0 heterocycles. The molecule has 0 aromatic rings. The average Bonchev–Trinajstić information content (AvgIpc) is 2.15. The van der Waals surface area contributed by atoms with Gasteiger partial charge in [0.05, 0.1) is 6.04 Å². The van der Waals surface area contributed by atoms with E-state index < -0.39 is 5.60 Å². The molecule has 1 aliphatic carbocycles.